The lowest BCUT2D eigenvalue weighted by atomic mass is 10.0. The number of halogens is 1. The van der Waals surface area contributed by atoms with Gasteiger partial charge in [0.1, 0.15) is 30.3 Å². The molecule has 0 aliphatic carbocycles. The zero-order chi connectivity index (χ0) is 18.8. The number of anilines is 1. The molecule has 6 nitrogen and oxygen atoms in total. The van der Waals surface area contributed by atoms with E-state index >= 15 is 0 Å². The first-order chi connectivity index (χ1) is 13.2. The van der Waals surface area contributed by atoms with Crippen molar-refractivity contribution in [2.24, 2.45) is 0 Å². The van der Waals surface area contributed by atoms with Crippen molar-refractivity contribution in [2.75, 3.05) is 12.8 Å². The monoisotopic (exact) mass is 381 g/mol. The van der Waals surface area contributed by atoms with Crippen LogP contribution in [0.1, 0.15) is 5.76 Å². The van der Waals surface area contributed by atoms with Crippen molar-refractivity contribution in [1.29, 1.82) is 0 Å². The maximum Gasteiger partial charge on any atom is 0.232 e. The number of aromatic nitrogens is 2. The Morgan fingerprint density at radius 2 is 1.89 bits per heavy atom. The zero-order valence-electron chi connectivity index (χ0n) is 14.5. The van der Waals surface area contributed by atoms with E-state index in [1.54, 1.807) is 19.2 Å². The summed E-state index contributed by atoms with van der Waals surface area (Å²) in [7, 11) is 1.62. The second-order valence-electron chi connectivity index (χ2n) is 5.81. The fraction of sp³-hybridized carbons (Fsp3) is 0.100. The second-order valence-corrected chi connectivity index (χ2v) is 6.25. The molecule has 136 valence electrons. The van der Waals surface area contributed by atoms with E-state index in [1.807, 2.05) is 36.4 Å². The number of methoxy groups -OCH3 is 1. The molecule has 2 N–H and O–H groups in total. The van der Waals surface area contributed by atoms with E-state index in [0.717, 1.165) is 16.9 Å². The van der Waals surface area contributed by atoms with Crippen molar-refractivity contribution < 1.29 is 13.9 Å². The van der Waals surface area contributed by atoms with Gasteiger partial charge in [0.25, 0.3) is 0 Å². The summed E-state index contributed by atoms with van der Waals surface area (Å²) in [6.07, 6.45) is 1.38. The van der Waals surface area contributed by atoms with Crippen LogP contribution in [0.25, 0.3) is 22.2 Å². The minimum Gasteiger partial charge on any atom is -0.497 e. The Labute approximate surface area is 160 Å². The second kappa shape index (κ2) is 7.17. The first-order valence-corrected chi connectivity index (χ1v) is 8.58. The molecule has 0 aliphatic rings. The number of nitrogen functional groups attached to an aromatic ring is 1. The number of fused-ring (bicyclic) bond motifs is 1. The third kappa shape index (κ3) is 3.39. The fourth-order valence-corrected chi connectivity index (χ4v) is 3.05. The quantitative estimate of drug-likeness (QED) is 0.538. The molecule has 0 saturated heterocycles. The zero-order valence-corrected chi connectivity index (χ0v) is 15.2. The minimum absolute atomic E-state index is 0.192. The van der Waals surface area contributed by atoms with Gasteiger partial charge in [0.15, 0.2) is 5.76 Å². The SMILES string of the molecule is COc1ccc(-c2c(COc3cccc(Cl)c3)oc3ncnc(N)c23)cc1. The Hall–Kier alpha value is -3.25. The molecule has 4 aromatic rings. The molecule has 7 heteroatoms. The van der Waals surface area contributed by atoms with Crippen molar-refractivity contribution in [2.45, 2.75) is 6.61 Å². The molecule has 4 rings (SSSR count). The van der Waals surface area contributed by atoms with Gasteiger partial charge in [-0.1, -0.05) is 29.8 Å². The Morgan fingerprint density at radius 3 is 2.63 bits per heavy atom. The van der Waals surface area contributed by atoms with E-state index in [1.165, 1.54) is 6.33 Å². The average molecular weight is 382 g/mol. The topological polar surface area (TPSA) is 83.4 Å². The van der Waals surface area contributed by atoms with Crippen molar-refractivity contribution in [3.05, 3.63) is 65.6 Å². The predicted molar refractivity (Wildman–Crippen MR) is 104 cm³/mol. The van der Waals surface area contributed by atoms with Gasteiger partial charge in [0, 0.05) is 10.6 Å². The first-order valence-electron chi connectivity index (χ1n) is 8.20. The highest BCUT2D eigenvalue weighted by atomic mass is 35.5. The smallest absolute Gasteiger partial charge is 0.232 e. The van der Waals surface area contributed by atoms with Gasteiger partial charge in [-0.05, 0) is 35.9 Å². The molecule has 0 fully saturated rings. The Balaban J connectivity index is 1.78. The summed E-state index contributed by atoms with van der Waals surface area (Å²) in [4.78, 5) is 8.29. The van der Waals surface area contributed by atoms with Gasteiger partial charge >= 0.3 is 0 Å². The molecule has 2 heterocycles. The van der Waals surface area contributed by atoms with E-state index in [9.17, 15) is 0 Å². The number of benzene rings is 2. The van der Waals surface area contributed by atoms with E-state index in [-0.39, 0.29) is 6.61 Å². The van der Waals surface area contributed by atoms with Crippen molar-refractivity contribution in [3.8, 4) is 22.6 Å². The Bertz CT molecular complexity index is 1090. The first kappa shape index (κ1) is 17.2. The standard InChI is InChI=1S/C20H16ClN3O3/c1-25-14-7-5-12(6-8-14)17-16(10-26-15-4-2-3-13(21)9-15)27-20-18(17)19(22)23-11-24-20/h2-9,11H,10H2,1H3,(H2,22,23,24). The molecular weight excluding hydrogens is 366 g/mol. The number of hydrogen-bond donors (Lipinski definition) is 1. The highest BCUT2D eigenvalue weighted by molar-refractivity contribution is 6.30. The van der Waals surface area contributed by atoms with Crippen LogP contribution in [-0.4, -0.2) is 17.1 Å². The van der Waals surface area contributed by atoms with Gasteiger partial charge in [-0.2, -0.15) is 0 Å². The van der Waals surface area contributed by atoms with Gasteiger partial charge in [-0.25, -0.2) is 9.97 Å². The van der Waals surface area contributed by atoms with Crippen LogP contribution in [0.15, 0.2) is 59.3 Å². The minimum atomic E-state index is 0.192. The van der Waals surface area contributed by atoms with Crippen LogP contribution in [0.2, 0.25) is 5.02 Å². The van der Waals surface area contributed by atoms with Gasteiger partial charge in [-0.3, -0.25) is 0 Å². The summed E-state index contributed by atoms with van der Waals surface area (Å²) >= 11 is 6.02. The summed E-state index contributed by atoms with van der Waals surface area (Å²) in [6.45, 7) is 0.192. The maximum absolute atomic E-state index is 6.10. The lowest BCUT2D eigenvalue weighted by molar-refractivity contribution is 0.274. The predicted octanol–water partition coefficient (Wildman–Crippen LogP) is 4.71. The van der Waals surface area contributed by atoms with Gasteiger partial charge in [0.2, 0.25) is 5.71 Å². The summed E-state index contributed by atoms with van der Waals surface area (Å²) in [5.41, 5.74) is 8.21. The molecule has 0 atom stereocenters. The molecule has 2 aromatic heterocycles. The third-order valence-electron chi connectivity index (χ3n) is 4.14. The van der Waals surface area contributed by atoms with Gasteiger partial charge < -0.3 is 19.6 Å². The van der Waals surface area contributed by atoms with E-state index < -0.39 is 0 Å². The van der Waals surface area contributed by atoms with Crippen molar-refractivity contribution in [1.82, 2.24) is 9.97 Å². The van der Waals surface area contributed by atoms with Gasteiger partial charge in [0.05, 0.1) is 12.5 Å². The molecule has 0 radical (unpaired) electrons. The van der Waals surface area contributed by atoms with Crippen LogP contribution in [0.4, 0.5) is 5.82 Å². The molecular formula is C20H16ClN3O3. The number of furan rings is 1. The number of nitrogens with zero attached hydrogens (tertiary/aromatic N) is 2. The van der Waals surface area contributed by atoms with Crippen molar-refractivity contribution >= 4 is 28.5 Å². The van der Waals surface area contributed by atoms with Crippen LogP contribution in [0.3, 0.4) is 0 Å². The number of hydrogen-bond acceptors (Lipinski definition) is 6. The maximum atomic E-state index is 6.10. The lowest BCUT2D eigenvalue weighted by Crippen LogP contribution is -1.97. The number of ether oxygens (including phenoxy) is 2. The molecule has 27 heavy (non-hydrogen) atoms. The highest BCUT2D eigenvalue weighted by Gasteiger charge is 2.20. The van der Waals surface area contributed by atoms with Crippen LogP contribution in [0, 0.1) is 0 Å². The van der Waals surface area contributed by atoms with Crippen LogP contribution in [0.5, 0.6) is 11.5 Å². The highest BCUT2D eigenvalue weighted by Crippen LogP contribution is 2.37. The summed E-state index contributed by atoms with van der Waals surface area (Å²) in [5.74, 6) is 2.35. The van der Waals surface area contributed by atoms with Crippen LogP contribution in [-0.2, 0) is 6.61 Å². The fourth-order valence-electron chi connectivity index (χ4n) is 2.87. The van der Waals surface area contributed by atoms with Crippen LogP contribution >= 0.6 is 11.6 Å². The average Bonchev–Trinajstić information content (AvgIpc) is 3.06. The number of rotatable bonds is 5. The van der Waals surface area contributed by atoms with E-state index in [0.29, 0.717) is 33.4 Å². The molecule has 0 unspecified atom stereocenters. The molecule has 0 saturated carbocycles. The third-order valence-corrected chi connectivity index (χ3v) is 4.37. The number of nitrogens with two attached hydrogens (primary N) is 1. The van der Waals surface area contributed by atoms with E-state index in [4.69, 9.17) is 31.2 Å². The molecule has 0 aliphatic heterocycles. The lowest BCUT2D eigenvalue weighted by Gasteiger charge is -2.08. The van der Waals surface area contributed by atoms with Crippen molar-refractivity contribution in [3.63, 3.8) is 0 Å². The summed E-state index contributed by atoms with van der Waals surface area (Å²) in [5, 5.41) is 1.26. The summed E-state index contributed by atoms with van der Waals surface area (Å²) < 4.78 is 17.0. The molecule has 0 bridgehead atoms. The Kier molecular flexibility index (Phi) is 4.56. The molecule has 0 spiro atoms. The molecule has 2 aromatic carbocycles. The van der Waals surface area contributed by atoms with E-state index in [2.05, 4.69) is 9.97 Å². The summed E-state index contributed by atoms with van der Waals surface area (Å²) in [6, 6.07) is 14.8. The molecule has 0 amide bonds. The Morgan fingerprint density at radius 1 is 1.07 bits per heavy atom. The normalized spacial score (nSPS) is 10.9. The van der Waals surface area contributed by atoms with Crippen LogP contribution < -0.4 is 15.2 Å². The largest absolute Gasteiger partial charge is 0.497 e. The van der Waals surface area contributed by atoms with Gasteiger partial charge in [-0.15, -0.1) is 0 Å².